The fourth-order valence-electron chi connectivity index (χ4n) is 4.73. The first-order chi connectivity index (χ1) is 15.1. The van der Waals surface area contributed by atoms with Gasteiger partial charge < -0.3 is 9.64 Å². The number of hydrogen-bond acceptors (Lipinski definition) is 5. The van der Waals surface area contributed by atoms with Crippen molar-refractivity contribution in [1.82, 2.24) is 9.80 Å². The molecule has 2 fully saturated rings. The SMILES string of the molecule is O=C1c2cccc(N3CCN(Cc4ccc(F)cc4)CC3)c2C(=O)N1CC1CCCO1. The van der Waals surface area contributed by atoms with E-state index in [-0.39, 0.29) is 23.7 Å². The van der Waals surface area contributed by atoms with Crippen molar-refractivity contribution in [2.45, 2.75) is 25.5 Å². The molecule has 6 nitrogen and oxygen atoms in total. The summed E-state index contributed by atoms with van der Waals surface area (Å²) in [5.41, 5.74) is 2.94. The molecule has 31 heavy (non-hydrogen) atoms. The van der Waals surface area contributed by atoms with E-state index in [1.54, 1.807) is 6.07 Å². The highest BCUT2D eigenvalue weighted by Gasteiger charge is 2.40. The molecular formula is C24H26FN3O3. The molecule has 3 heterocycles. The van der Waals surface area contributed by atoms with E-state index in [9.17, 15) is 14.0 Å². The number of piperazine rings is 1. The van der Waals surface area contributed by atoms with Gasteiger partial charge in [-0.25, -0.2) is 4.39 Å². The van der Waals surface area contributed by atoms with Crippen molar-refractivity contribution in [3.05, 3.63) is 65.0 Å². The number of amides is 2. The molecule has 0 aromatic heterocycles. The molecule has 2 aromatic rings. The summed E-state index contributed by atoms with van der Waals surface area (Å²) in [6.45, 7) is 5.01. The molecule has 1 atom stereocenters. The summed E-state index contributed by atoms with van der Waals surface area (Å²) in [5.74, 6) is -0.647. The van der Waals surface area contributed by atoms with Gasteiger partial charge in [0.15, 0.2) is 0 Å². The van der Waals surface area contributed by atoms with Gasteiger partial charge in [0.25, 0.3) is 11.8 Å². The van der Waals surface area contributed by atoms with E-state index in [0.717, 1.165) is 56.8 Å². The van der Waals surface area contributed by atoms with Crippen LogP contribution in [-0.2, 0) is 11.3 Å². The summed E-state index contributed by atoms with van der Waals surface area (Å²) >= 11 is 0. The highest BCUT2D eigenvalue weighted by Crippen LogP contribution is 2.33. The van der Waals surface area contributed by atoms with Gasteiger partial charge in [-0.15, -0.1) is 0 Å². The fraction of sp³-hybridized carbons (Fsp3) is 0.417. The Morgan fingerprint density at radius 1 is 0.968 bits per heavy atom. The average molecular weight is 423 g/mol. The predicted molar refractivity (Wildman–Crippen MR) is 115 cm³/mol. The standard InChI is InChI=1S/C24H26FN3O3/c25-18-8-6-17(7-9-18)15-26-10-12-27(13-11-26)21-5-1-4-20-22(21)24(30)28(23(20)29)16-19-3-2-14-31-19/h1,4-9,19H,2-3,10-16H2. The lowest BCUT2D eigenvalue weighted by Gasteiger charge is -2.36. The predicted octanol–water partition coefficient (Wildman–Crippen LogP) is 2.92. The smallest absolute Gasteiger partial charge is 0.263 e. The molecule has 3 aliphatic rings. The van der Waals surface area contributed by atoms with E-state index in [0.29, 0.717) is 24.3 Å². The zero-order valence-electron chi connectivity index (χ0n) is 17.4. The lowest BCUT2D eigenvalue weighted by molar-refractivity contribution is 0.0475. The van der Waals surface area contributed by atoms with Crippen LogP contribution in [0.15, 0.2) is 42.5 Å². The number of fused-ring (bicyclic) bond motifs is 1. The Morgan fingerprint density at radius 2 is 1.74 bits per heavy atom. The maximum Gasteiger partial charge on any atom is 0.263 e. The number of anilines is 1. The van der Waals surface area contributed by atoms with E-state index < -0.39 is 0 Å². The van der Waals surface area contributed by atoms with Crippen LogP contribution in [-0.4, -0.2) is 67.0 Å². The minimum atomic E-state index is -0.223. The van der Waals surface area contributed by atoms with Gasteiger partial charge in [-0.05, 0) is 42.7 Å². The number of ether oxygens (including phenoxy) is 1. The number of benzene rings is 2. The van der Waals surface area contributed by atoms with Crippen molar-refractivity contribution >= 4 is 17.5 Å². The maximum absolute atomic E-state index is 13.2. The van der Waals surface area contributed by atoms with E-state index in [1.807, 2.05) is 24.3 Å². The third-order valence-corrected chi connectivity index (χ3v) is 6.42. The van der Waals surface area contributed by atoms with Crippen molar-refractivity contribution in [2.75, 3.05) is 44.2 Å². The van der Waals surface area contributed by atoms with Gasteiger partial charge in [0.2, 0.25) is 0 Å². The highest BCUT2D eigenvalue weighted by atomic mass is 19.1. The number of nitrogens with zero attached hydrogens (tertiary/aromatic N) is 3. The van der Waals surface area contributed by atoms with E-state index in [1.165, 1.54) is 17.0 Å². The summed E-state index contributed by atoms with van der Waals surface area (Å²) < 4.78 is 18.8. The highest BCUT2D eigenvalue weighted by molar-refractivity contribution is 6.23. The van der Waals surface area contributed by atoms with Gasteiger partial charge in [0.1, 0.15) is 5.82 Å². The lowest BCUT2D eigenvalue weighted by Crippen LogP contribution is -2.46. The van der Waals surface area contributed by atoms with Crippen molar-refractivity contribution in [3.8, 4) is 0 Å². The fourth-order valence-corrected chi connectivity index (χ4v) is 4.73. The Hall–Kier alpha value is -2.77. The molecule has 0 spiro atoms. The summed E-state index contributed by atoms with van der Waals surface area (Å²) in [5, 5.41) is 0. The quantitative estimate of drug-likeness (QED) is 0.693. The third kappa shape index (κ3) is 3.95. The number of carbonyl (C=O) groups excluding carboxylic acids is 2. The van der Waals surface area contributed by atoms with Crippen LogP contribution in [0.3, 0.4) is 0 Å². The minimum Gasteiger partial charge on any atom is -0.376 e. The monoisotopic (exact) mass is 423 g/mol. The number of hydrogen-bond donors (Lipinski definition) is 0. The Balaban J connectivity index is 1.28. The first-order valence-electron chi connectivity index (χ1n) is 10.9. The van der Waals surface area contributed by atoms with Crippen molar-refractivity contribution in [1.29, 1.82) is 0 Å². The third-order valence-electron chi connectivity index (χ3n) is 6.42. The second-order valence-electron chi connectivity index (χ2n) is 8.45. The Kier molecular flexibility index (Phi) is 5.46. The zero-order valence-corrected chi connectivity index (χ0v) is 17.4. The van der Waals surface area contributed by atoms with Crippen LogP contribution >= 0.6 is 0 Å². The summed E-state index contributed by atoms with van der Waals surface area (Å²) in [6, 6.07) is 12.2. The van der Waals surface area contributed by atoms with Gasteiger partial charge in [-0.1, -0.05) is 18.2 Å². The van der Waals surface area contributed by atoms with Gasteiger partial charge in [-0.3, -0.25) is 19.4 Å². The first-order valence-corrected chi connectivity index (χ1v) is 10.9. The largest absolute Gasteiger partial charge is 0.376 e. The number of imide groups is 1. The van der Waals surface area contributed by atoms with E-state index in [4.69, 9.17) is 4.74 Å². The normalized spacial score (nSPS) is 21.8. The molecule has 2 amide bonds. The Bertz CT molecular complexity index is 980. The van der Waals surface area contributed by atoms with Gasteiger partial charge in [-0.2, -0.15) is 0 Å². The Morgan fingerprint density at radius 3 is 2.45 bits per heavy atom. The lowest BCUT2D eigenvalue weighted by atomic mass is 10.1. The average Bonchev–Trinajstić information content (AvgIpc) is 3.39. The van der Waals surface area contributed by atoms with Gasteiger partial charge >= 0.3 is 0 Å². The second-order valence-corrected chi connectivity index (χ2v) is 8.45. The van der Waals surface area contributed by atoms with Crippen molar-refractivity contribution < 1.29 is 18.7 Å². The second kappa shape index (κ2) is 8.40. The number of halogens is 1. The molecule has 0 bridgehead atoms. The van der Waals surface area contributed by atoms with Gasteiger partial charge in [0, 0.05) is 39.3 Å². The van der Waals surface area contributed by atoms with E-state index in [2.05, 4.69) is 9.80 Å². The number of carbonyl (C=O) groups is 2. The molecule has 2 saturated heterocycles. The summed E-state index contributed by atoms with van der Waals surface area (Å²) in [7, 11) is 0. The summed E-state index contributed by atoms with van der Waals surface area (Å²) in [6.07, 6.45) is 1.80. The number of rotatable bonds is 5. The van der Waals surface area contributed by atoms with Crippen LogP contribution in [0.25, 0.3) is 0 Å². The molecule has 0 saturated carbocycles. The molecule has 0 radical (unpaired) electrons. The Labute approximate surface area is 181 Å². The summed E-state index contributed by atoms with van der Waals surface area (Å²) in [4.78, 5) is 32.0. The molecule has 3 aliphatic heterocycles. The molecule has 1 unspecified atom stereocenters. The molecule has 0 aliphatic carbocycles. The zero-order chi connectivity index (χ0) is 21.4. The van der Waals surface area contributed by atoms with Crippen LogP contribution in [0.4, 0.5) is 10.1 Å². The molecule has 2 aromatic carbocycles. The van der Waals surface area contributed by atoms with Crippen LogP contribution < -0.4 is 4.90 Å². The van der Waals surface area contributed by atoms with Crippen LogP contribution in [0, 0.1) is 5.82 Å². The van der Waals surface area contributed by atoms with Crippen LogP contribution in [0.5, 0.6) is 0 Å². The molecule has 162 valence electrons. The molecule has 5 rings (SSSR count). The molecule has 7 heteroatoms. The van der Waals surface area contributed by atoms with Crippen molar-refractivity contribution in [2.24, 2.45) is 0 Å². The molecule has 0 N–H and O–H groups in total. The topological polar surface area (TPSA) is 53.1 Å². The van der Waals surface area contributed by atoms with E-state index >= 15 is 0 Å². The maximum atomic E-state index is 13.2. The molecular weight excluding hydrogens is 397 g/mol. The first kappa shape index (κ1) is 20.2. The van der Waals surface area contributed by atoms with Crippen LogP contribution in [0.1, 0.15) is 39.1 Å². The van der Waals surface area contributed by atoms with Gasteiger partial charge in [0.05, 0.1) is 29.5 Å². The minimum absolute atomic E-state index is 0.0549. The van der Waals surface area contributed by atoms with Crippen molar-refractivity contribution in [3.63, 3.8) is 0 Å². The van der Waals surface area contributed by atoms with Crippen LogP contribution in [0.2, 0.25) is 0 Å².